The van der Waals surface area contributed by atoms with E-state index in [0.717, 1.165) is 22.4 Å². The monoisotopic (exact) mass is 532 g/mol. The maximum Gasteiger partial charge on any atom is 0.349 e. The Morgan fingerprint density at radius 3 is 2.49 bits per heavy atom. The van der Waals surface area contributed by atoms with Crippen LogP contribution in [0.1, 0.15) is 34.1 Å². The van der Waals surface area contributed by atoms with Crippen LogP contribution in [0.5, 0.6) is 17.2 Å². The number of nitrogens with zero attached hydrogens (tertiary/aromatic N) is 3. The number of phenolic OH excluding ortho intramolecular Hbond substituents is 1. The van der Waals surface area contributed by atoms with Crippen LogP contribution >= 0.6 is 0 Å². The molecule has 0 atom stereocenters. The van der Waals surface area contributed by atoms with Gasteiger partial charge in [-0.05, 0) is 51.0 Å². The number of rotatable bonds is 10. The predicted molar refractivity (Wildman–Crippen MR) is 148 cm³/mol. The smallest absolute Gasteiger partial charge is 0.349 e. The van der Waals surface area contributed by atoms with Crippen molar-refractivity contribution >= 4 is 17.4 Å². The fourth-order valence-electron chi connectivity index (χ4n) is 4.41. The SMILES string of the molecule is CCOc1cc(O)c(-c2cc(Nc3c(C)cc(C)cc3C)n(CCNC(=O)c3ccn[nH]3)c(=O)n2)cc1OC. The number of hydrogen-bond donors (Lipinski definition) is 4. The third kappa shape index (κ3) is 6.03. The van der Waals surface area contributed by atoms with Crippen molar-refractivity contribution in [1.82, 2.24) is 25.1 Å². The highest BCUT2D eigenvalue weighted by Gasteiger charge is 2.18. The molecule has 0 spiro atoms. The lowest BCUT2D eigenvalue weighted by Crippen LogP contribution is -2.33. The van der Waals surface area contributed by atoms with E-state index in [4.69, 9.17) is 9.47 Å². The number of aromatic nitrogens is 4. The van der Waals surface area contributed by atoms with Crippen LogP contribution < -0.4 is 25.8 Å². The normalized spacial score (nSPS) is 10.8. The number of carbonyl (C=O) groups excluding carboxylic acids is 1. The van der Waals surface area contributed by atoms with Crippen LogP contribution in [0.25, 0.3) is 11.3 Å². The van der Waals surface area contributed by atoms with Crippen LogP contribution in [-0.2, 0) is 6.54 Å². The van der Waals surface area contributed by atoms with Crippen molar-refractivity contribution in [2.45, 2.75) is 34.2 Å². The number of anilines is 2. The Morgan fingerprint density at radius 1 is 1.10 bits per heavy atom. The van der Waals surface area contributed by atoms with Gasteiger partial charge in [0.05, 0.1) is 19.4 Å². The Morgan fingerprint density at radius 2 is 1.85 bits per heavy atom. The number of amides is 1. The maximum absolute atomic E-state index is 13.3. The summed E-state index contributed by atoms with van der Waals surface area (Å²) in [5, 5.41) is 23.3. The van der Waals surface area contributed by atoms with Gasteiger partial charge in [-0.15, -0.1) is 0 Å². The molecule has 2 aromatic heterocycles. The number of aromatic hydroxyl groups is 1. The lowest BCUT2D eigenvalue weighted by atomic mass is 10.0. The highest BCUT2D eigenvalue weighted by atomic mass is 16.5. The summed E-state index contributed by atoms with van der Waals surface area (Å²) in [5.74, 6) is 0.785. The number of H-pyrrole nitrogens is 1. The van der Waals surface area contributed by atoms with Crippen molar-refractivity contribution in [3.63, 3.8) is 0 Å². The molecule has 4 rings (SSSR count). The molecule has 0 saturated carbocycles. The zero-order chi connectivity index (χ0) is 28.1. The predicted octanol–water partition coefficient (Wildman–Crippen LogP) is 3.85. The molecule has 0 bridgehead atoms. The average molecular weight is 533 g/mol. The molecule has 39 heavy (non-hydrogen) atoms. The molecule has 204 valence electrons. The van der Waals surface area contributed by atoms with Crippen molar-refractivity contribution in [3.05, 3.63) is 75.5 Å². The fourth-order valence-corrected chi connectivity index (χ4v) is 4.41. The number of carbonyl (C=O) groups is 1. The summed E-state index contributed by atoms with van der Waals surface area (Å²) < 4.78 is 12.4. The molecular formula is C28H32N6O5. The Bertz CT molecular complexity index is 1520. The van der Waals surface area contributed by atoms with Crippen molar-refractivity contribution in [1.29, 1.82) is 0 Å². The van der Waals surface area contributed by atoms with Gasteiger partial charge in [-0.2, -0.15) is 10.1 Å². The van der Waals surface area contributed by atoms with E-state index in [9.17, 15) is 14.7 Å². The highest BCUT2D eigenvalue weighted by molar-refractivity contribution is 5.92. The molecule has 2 aromatic carbocycles. The Hall–Kier alpha value is -4.80. The Balaban J connectivity index is 1.75. The third-order valence-electron chi connectivity index (χ3n) is 6.17. The van der Waals surface area contributed by atoms with E-state index in [1.54, 1.807) is 18.2 Å². The van der Waals surface area contributed by atoms with E-state index < -0.39 is 5.69 Å². The number of nitrogens with one attached hydrogen (secondary N) is 3. The number of ether oxygens (including phenoxy) is 2. The summed E-state index contributed by atoms with van der Waals surface area (Å²) >= 11 is 0. The lowest BCUT2D eigenvalue weighted by molar-refractivity contribution is 0.0947. The number of aryl methyl sites for hydroxylation is 3. The minimum absolute atomic E-state index is 0.107. The molecule has 4 N–H and O–H groups in total. The van der Waals surface area contributed by atoms with Gasteiger partial charge in [0.15, 0.2) is 11.5 Å². The van der Waals surface area contributed by atoms with Gasteiger partial charge in [0, 0.05) is 42.7 Å². The van der Waals surface area contributed by atoms with Gasteiger partial charge in [0.1, 0.15) is 17.3 Å². The highest BCUT2D eigenvalue weighted by Crippen LogP contribution is 2.39. The molecular weight excluding hydrogens is 500 g/mol. The Kier molecular flexibility index (Phi) is 8.18. The van der Waals surface area contributed by atoms with Gasteiger partial charge in [-0.3, -0.25) is 14.5 Å². The van der Waals surface area contributed by atoms with Crippen molar-refractivity contribution in [2.75, 3.05) is 25.6 Å². The van der Waals surface area contributed by atoms with E-state index >= 15 is 0 Å². The van der Waals surface area contributed by atoms with Gasteiger partial charge in [0.2, 0.25) is 0 Å². The van der Waals surface area contributed by atoms with Gasteiger partial charge in [-0.25, -0.2) is 4.79 Å². The molecule has 0 radical (unpaired) electrons. The molecule has 1 amide bonds. The number of phenols is 1. The first-order valence-corrected chi connectivity index (χ1v) is 12.5. The number of aromatic amines is 1. The van der Waals surface area contributed by atoms with Gasteiger partial charge in [0.25, 0.3) is 5.91 Å². The molecule has 0 aliphatic heterocycles. The second-order valence-electron chi connectivity index (χ2n) is 9.04. The molecule has 4 aromatic rings. The maximum atomic E-state index is 13.3. The quantitative estimate of drug-likeness (QED) is 0.241. The molecule has 0 unspecified atom stereocenters. The van der Waals surface area contributed by atoms with E-state index in [0.29, 0.717) is 35.2 Å². The largest absolute Gasteiger partial charge is 0.507 e. The Labute approximate surface area is 225 Å². The third-order valence-corrected chi connectivity index (χ3v) is 6.17. The van der Waals surface area contributed by atoms with E-state index in [1.165, 1.54) is 23.9 Å². The van der Waals surface area contributed by atoms with Crippen LogP contribution in [-0.4, -0.2) is 51.0 Å². The molecule has 2 heterocycles. The van der Waals surface area contributed by atoms with Crippen molar-refractivity contribution < 1.29 is 19.4 Å². The summed E-state index contributed by atoms with van der Waals surface area (Å²) in [7, 11) is 1.50. The van der Waals surface area contributed by atoms with Crippen LogP contribution in [0, 0.1) is 20.8 Å². The first kappa shape index (κ1) is 27.2. The summed E-state index contributed by atoms with van der Waals surface area (Å²) in [6.07, 6.45) is 1.49. The van der Waals surface area contributed by atoms with Gasteiger partial charge in [-0.1, -0.05) is 17.7 Å². The lowest BCUT2D eigenvalue weighted by Gasteiger charge is -2.19. The summed E-state index contributed by atoms with van der Waals surface area (Å²) in [6.45, 7) is 8.54. The number of methoxy groups -OCH3 is 1. The standard InChI is InChI=1S/C28H32N6O5/c1-6-39-24-15-22(35)19(13-23(24)38-5)21-14-25(32-26-17(3)11-16(2)12-18(26)4)34(28(37)31-21)10-9-29-27(36)20-7-8-30-33-20/h7-8,11-15,32,35H,6,9-10H2,1-5H3,(H,29,36)(H,30,33). The topological polar surface area (TPSA) is 143 Å². The summed E-state index contributed by atoms with van der Waals surface area (Å²) in [4.78, 5) is 29.9. The van der Waals surface area contributed by atoms with Crippen LogP contribution in [0.15, 0.2) is 47.4 Å². The van der Waals surface area contributed by atoms with Crippen LogP contribution in [0.4, 0.5) is 11.5 Å². The minimum Gasteiger partial charge on any atom is -0.507 e. The van der Waals surface area contributed by atoms with Crippen LogP contribution in [0.2, 0.25) is 0 Å². The van der Waals surface area contributed by atoms with E-state index in [2.05, 4.69) is 25.8 Å². The van der Waals surface area contributed by atoms with E-state index in [-0.39, 0.29) is 30.4 Å². The zero-order valence-electron chi connectivity index (χ0n) is 22.6. The zero-order valence-corrected chi connectivity index (χ0v) is 22.6. The second kappa shape index (κ2) is 11.7. The molecule has 0 fully saturated rings. The summed E-state index contributed by atoms with van der Waals surface area (Å²) in [6, 6.07) is 10.4. The summed E-state index contributed by atoms with van der Waals surface area (Å²) in [5.41, 5.74) is 4.30. The number of benzene rings is 2. The first-order valence-electron chi connectivity index (χ1n) is 12.5. The molecule has 11 nitrogen and oxygen atoms in total. The molecule has 0 aliphatic rings. The van der Waals surface area contributed by atoms with Crippen molar-refractivity contribution in [3.8, 4) is 28.5 Å². The second-order valence-corrected chi connectivity index (χ2v) is 9.04. The van der Waals surface area contributed by atoms with Crippen LogP contribution in [0.3, 0.4) is 0 Å². The number of hydrogen-bond acceptors (Lipinski definition) is 8. The van der Waals surface area contributed by atoms with E-state index in [1.807, 2.05) is 39.8 Å². The molecule has 11 heteroatoms. The first-order chi connectivity index (χ1) is 18.7. The average Bonchev–Trinajstić information content (AvgIpc) is 3.43. The molecule has 0 aliphatic carbocycles. The van der Waals surface area contributed by atoms with Gasteiger partial charge < -0.3 is 25.2 Å². The molecule has 0 saturated heterocycles. The van der Waals surface area contributed by atoms with Gasteiger partial charge >= 0.3 is 5.69 Å². The fraction of sp³-hybridized carbons (Fsp3) is 0.286. The van der Waals surface area contributed by atoms with Crippen molar-refractivity contribution in [2.24, 2.45) is 0 Å². The minimum atomic E-state index is -0.555.